The van der Waals surface area contributed by atoms with Crippen LogP contribution in [0.1, 0.15) is 34.1 Å². The summed E-state index contributed by atoms with van der Waals surface area (Å²) in [6.45, 7) is 2.72. The second-order valence-corrected chi connectivity index (χ2v) is 6.38. The van der Waals surface area contributed by atoms with Gasteiger partial charge in [0.2, 0.25) is 0 Å². The van der Waals surface area contributed by atoms with Crippen LogP contribution in [-0.2, 0) is 13.0 Å². The van der Waals surface area contributed by atoms with Crippen LogP contribution in [0.25, 0.3) is 10.1 Å². The molecule has 3 heteroatoms. The van der Waals surface area contributed by atoms with Crippen molar-refractivity contribution < 1.29 is 4.79 Å². The molecule has 0 aliphatic heterocycles. The largest absolute Gasteiger partial charge is 0.347 e. The number of hydrogen-bond donors (Lipinski definition) is 1. The number of benzene rings is 2. The van der Waals surface area contributed by atoms with E-state index in [9.17, 15) is 4.79 Å². The lowest BCUT2D eigenvalue weighted by molar-refractivity contribution is 0.0954. The Labute approximate surface area is 134 Å². The molecule has 0 fully saturated rings. The van der Waals surface area contributed by atoms with E-state index in [0.717, 1.165) is 23.3 Å². The molecule has 112 valence electrons. The number of carbonyl (C=O) groups is 1. The zero-order valence-electron chi connectivity index (χ0n) is 12.6. The van der Waals surface area contributed by atoms with Gasteiger partial charge in [0, 0.05) is 11.2 Å². The number of amides is 1. The van der Waals surface area contributed by atoms with Crippen molar-refractivity contribution in [1.29, 1.82) is 0 Å². The van der Waals surface area contributed by atoms with Crippen molar-refractivity contribution in [3.05, 3.63) is 70.6 Å². The van der Waals surface area contributed by atoms with E-state index >= 15 is 0 Å². The molecule has 1 N–H and O–H groups in total. The minimum Gasteiger partial charge on any atom is -0.347 e. The van der Waals surface area contributed by atoms with Gasteiger partial charge in [-0.2, -0.15) is 0 Å². The van der Waals surface area contributed by atoms with Gasteiger partial charge in [-0.25, -0.2) is 0 Å². The van der Waals surface area contributed by atoms with Gasteiger partial charge < -0.3 is 5.32 Å². The van der Waals surface area contributed by atoms with E-state index in [1.807, 2.05) is 42.5 Å². The smallest absolute Gasteiger partial charge is 0.261 e. The van der Waals surface area contributed by atoms with E-state index in [4.69, 9.17) is 0 Å². The highest BCUT2D eigenvalue weighted by atomic mass is 32.1. The molecule has 3 rings (SSSR count). The molecule has 0 spiro atoms. The van der Waals surface area contributed by atoms with Gasteiger partial charge in [0.05, 0.1) is 4.88 Å². The topological polar surface area (TPSA) is 29.1 Å². The standard InChI is InChI=1S/C19H19NOS/c1-2-8-16-15-11-6-7-12-17(15)22-18(16)19(21)20-13-14-9-4-3-5-10-14/h3-7,9-12H,2,8,13H2,1H3,(H,20,21). The number of carbonyl (C=O) groups excluding carboxylic acids is 1. The Bertz CT molecular complexity index is 776. The third kappa shape index (κ3) is 3.04. The Morgan fingerprint density at radius 2 is 1.77 bits per heavy atom. The first-order valence-corrected chi connectivity index (χ1v) is 8.43. The van der Waals surface area contributed by atoms with E-state index in [1.165, 1.54) is 15.6 Å². The van der Waals surface area contributed by atoms with Gasteiger partial charge in [-0.1, -0.05) is 61.9 Å². The van der Waals surface area contributed by atoms with Crippen LogP contribution in [0, 0.1) is 0 Å². The molecule has 1 aromatic heterocycles. The van der Waals surface area contributed by atoms with Crippen molar-refractivity contribution in [3.8, 4) is 0 Å². The first kappa shape index (κ1) is 14.8. The van der Waals surface area contributed by atoms with E-state index in [0.29, 0.717) is 6.54 Å². The fraction of sp³-hybridized carbons (Fsp3) is 0.211. The first-order valence-electron chi connectivity index (χ1n) is 7.62. The molecule has 0 saturated carbocycles. The van der Waals surface area contributed by atoms with Crippen molar-refractivity contribution >= 4 is 27.3 Å². The lowest BCUT2D eigenvalue weighted by Gasteiger charge is -2.06. The highest BCUT2D eigenvalue weighted by Crippen LogP contribution is 2.32. The Hall–Kier alpha value is -2.13. The van der Waals surface area contributed by atoms with Crippen LogP contribution >= 0.6 is 11.3 Å². The summed E-state index contributed by atoms with van der Waals surface area (Å²) in [4.78, 5) is 13.4. The van der Waals surface area contributed by atoms with Crippen LogP contribution in [0.15, 0.2) is 54.6 Å². The van der Waals surface area contributed by atoms with Crippen molar-refractivity contribution in [2.45, 2.75) is 26.3 Å². The molecule has 1 heterocycles. The van der Waals surface area contributed by atoms with Gasteiger partial charge >= 0.3 is 0 Å². The predicted octanol–water partition coefficient (Wildman–Crippen LogP) is 4.78. The Kier molecular flexibility index (Phi) is 4.54. The average molecular weight is 309 g/mol. The average Bonchev–Trinajstić information content (AvgIpc) is 2.93. The predicted molar refractivity (Wildman–Crippen MR) is 93.4 cm³/mol. The maximum atomic E-state index is 12.6. The van der Waals surface area contributed by atoms with Gasteiger partial charge in [-0.3, -0.25) is 4.79 Å². The van der Waals surface area contributed by atoms with Crippen molar-refractivity contribution in [2.24, 2.45) is 0 Å². The zero-order valence-corrected chi connectivity index (χ0v) is 13.5. The fourth-order valence-electron chi connectivity index (χ4n) is 2.64. The third-order valence-electron chi connectivity index (χ3n) is 3.70. The molecule has 0 radical (unpaired) electrons. The molecular weight excluding hydrogens is 290 g/mol. The fourth-order valence-corrected chi connectivity index (χ4v) is 3.81. The Morgan fingerprint density at radius 3 is 2.55 bits per heavy atom. The zero-order chi connectivity index (χ0) is 15.4. The third-order valence-corrected chi connectivity index (χ3v) is 4.91. The summed E-state index contributed by atoms with van der Waals surface area (Å²) in [6, 6.07) is 18.3. The minimum atomic E-state index is 0.0357. The summed E-state index contributed by atoms with van der Waals surface area (Å²) in [5, 5.41) is 4.27. The second kappa shape index (κ2) is 6.75. The number of fused-ring (bicyclic) bond motifs is 1. The quantitative estimate of drug-likeness (QED) is 0.721. The lowest BCUT2D eigenvalue weighted by Crippen LogP contribution is -2.22. The maximum Gasteiger partial charge on any atom is 0.261 e. The monoisotopic (exact) mass is 309 g/mol. The van der Waals surface area contributed by atoms with Gasteiger partial charge in [-0.15, -0.1) is 11.3 Å². The Morgan fingerprint density at radius 1 is 1.05 bits per heavy atom. The molecule has 1 amide bonds. The van der Waals surface area contributed by atoms with Crippen molar-refractivity contribution in [3.63, 3.8) is 0 Å². The van der Waals surface area contributed by atoms with Crippen molar-refractivity contribution in [1.82, 2.24) is 5.32 Å². The highest BCUT2D eigenvalue weighted by molar-refractivity contribution is 7.21. The molecule has 2 aromatic carbocycles. The number of hydrogen-bond acceptors (Lipinski definition) is 2. The summed E-state index contributed by atoms with van der Waals surface area (Å²) in [7, 11) is 0. The number of aryl methyl sites for hydroxylation is 1. The van der Waals surface area contributed by atoms with E-state index in [-0.39, 0.29) is 5.91 Å². The molecule has 0 atom stereocenters. The SMILES string of the molecule is CCCc1c(C(=O)NCc2ccccc2)sc2ccccc12. The van der Waals surface area contributed by atoms with Crippen LogP contribution in [0.4, 0.5) is 0 Å². The van der Waals surface area contributed by atoms with Crippen LogP contribution in [0.5, 0.6) is 0 Å². The van der Waals surface area contributed by atoms with Crippen molar-refractivity contribution in [2.75, 3.05) is 0 Å². The van der Waals surface area contributed by atoms with Crippen LogP contribution in [0.3, 0.4) is 0 Å². The molecule has 3 aromatic rings. The summed E-state index contributed by atoms with van der Waals surface area (Å²) >= 11 is 1.60. The van der Waals surface area contributed by atoms with Crippen LogP contribution in [-0.4, -0.2) is 5.91 Å². The molecule has 0 aliphatic rings. The van der Waals surface area contributed by atoms with Crippen LogP contribution < -0.4 is 5.32 Å². The van der Waals surface area contributed by atoms with Gasteiger partial charge in [0.25, 0.3) is 5.91 Å². The van der Waals surface area contributed by atoms with E-state index in [2.05, 4.69) is 24.4 Å². The molecule has 22 heavy (non-hydrogen) atoms. The summed E-state index contributed by atoms with van der Waals surface area (Å²) in [5.41, 5.74) is 2.31. The normalized spacial score (nSPS) is 10.8. The first-order chi connectivity index (χ1) is 10.8. The lowest BCUT2D eigenvalue weighted by atomic mass is 10.1. The molecule has 0 bridgehead atoms. The summed E-state index contributed by atoms with van der Waals surface area (Å²) in [6.07, 6.45) is 1.98. The number of nitrogens with one attached hydrogen (secondary N) is 1. The van der Waals surface area contributed by atoms with E-state index < -0.39 is 0 Å². The molecule has 0 saturated heterocycles. The second-order valence-electron chi connectivity index (χ2n) is 5.32. The van der Waals surface area contributed by atoms with Gasteiger partial charge in [0.1, 0.15) is 0 Å². The number of thiophene rings is 1. The van der Waals surface area contributed by atoms with E-state index in [1.54, 1.807) is 11.3 Å². The molecule has 0 unspecified atom stereocenters. The maximum absolute atomic E-state index is 12.6. The summed E-state index contributed by atoms with van der Waals surface area (Å²) < 4.78 is 1.19. The van der Waals surface area contributed by atoms with Crippen LogP contribution in [0.2, 0.25) is 0 Å². The van der Waals surface area contributed by atoms with Gasteiger partial charge in [-0.05, 0) is 29.0 Å². The van der Waals surface area contributed by atoms with Gasteiger partial charge in [0.15, 0.2) is 0 Å². The summed E-state index contributed by atoms with van der Waals surface area (Å²) in [5.74, 6) is 0.0357. The molecular formula is C19H19NOS. The Balaban J connectivity index is 1.85. The molecule has 2 nitrogen and oxygen atoms in total. The number of rotatable bonds is 5. The minimum absolute atomic E-state index is 0.0357. The highest BCUT2D eigenvalue weighted by Gasteiger charge is 2.17. The molecule has 0 aliphatic carbocycles.